The van der Waals surface area contributed by atoms with Crippen molar-refractivity contribution in [2.45, 2.75) is 57.5 Å². The van der Waals surface area contributed by atoms with Crippen LogP contribution in [-0.2, 0) is 6.42 Å². The fraction of sp³-hybridized carbons (Fsp3) is 0.400. The van der Waals surface area contributed by atoms with Crippen LogP contribution in [0.4, 0.5) is 11.6 Å². The maximum absolute atomic E-state index is 11.3. The minimum Gasteiger partial charge on any atom is -0.496 e. The standard InChI is InChI=1S/C25H26N6O3/c1-4-18-22-23(26-2)28-14-30(22)19-13-27-21(29-24(19)31(18)17-7-5-6-8-17)12-15-9-10-16(25(32)33)11-20(15)34-3/h9-11,13-14,17-18H,4-8,12H2,1,3H3,(H,32,33)/t18-/m1/s1. The number of carboxylic acid groups (broad SMARTS) is 1. The van der Waals surface area contributed by atoms with Gasteiger partial charge in [-0.2, -0.15) is 0 Å². The van der Waals surface area contributed by atoms with Gasteiger partial charge >= 0.3 is 5.97 Å². The molecule has 5 rings (SSSR count). The lowest BCUT2D eigenvalue weighted by atomic mass is 10.0. The molecule has 0 unspecified atom stereocenters. The van der Waals surface area contributed by atoms with E-state index in [-0.39, 0.29) is 11.6 Å². The number of imidazole rings is 1. The predicted molar refractivity (Wildman–Crippen MR) is 126 cm³/mol. The third kappa shape index (κ3) is 3.55. The molecule has 174 valence electrons. The van der Waals surface area contributed by atoms with Gasteiger partial charge in [0.25, 0.3) is 5.82 Å². The van der Waals surface area contributed by atoms with E-state index in [1.165, 1.54) is 26.0 Å². The van der Waals surface area contributed by atoms with E-state index in [9.17, 15) is 9.90 Å². The molecule has 1 aliphatic heterocycles. The van der Waals surface area contributed by atoms with Crippen LogP contribution in [0.5, 0.6) is 5.75 Å². The largest absolute Gasteiger partial charge is 0.496 e. The van der Waals surface area contributed by atoms with Crippen LogP contribution in [0, 0.1) is 6.57 Å². The van der Waals surface area contributed by atoms with Gasteiger partial charge in [-0.3, -0.25) is 4.57 Å². The Kier molecular flexibility index (Phi) is 5.65. The predicted octanol–water partition coefficient (Wildman–Crippen LogP) is 4.72. The summed E-state index contributed by atoms with van der Waals surface area (Å²) in [4.78, 5) is 31.4. The number of hydrogen-bond acceptors (Lipinski definition) is 6. The molecule has 0 saturated heterocycles. The Bertz CT molecular complexity index is 1290. The maximum atomic E-state index is 11.3. The van der Waals surface area contributed by atoms with Crippen LogP contribution in [-0.4, -0.2) is 43.7 Å². The summed E-state index contributed by atoms with van der Waals surface area (Å²) in [5.41, 5.74) is 2.75. The highest BCUT2D eigenvalue weighted by molar-refractivity contribution is 5.88. The number of hydrogen-bond donors (Lipinski definition) is 1. The van der Waals surface area contributed by atoms with Gasteiger partial charge in [0.1, 0.15) is 17.3 Å². The van der Waals surface area contributed by atoms with Gasteiger partial charge in [-0.05, 0) is 31.4 Å². The molecule has 3 aromatic rings. The highest BCUT2D eigenvalue weighted by Gasteiger charge is 2.39. The lowest BCUT2D eigenvalue weighted by molar-refractivity contribution is 0.0696. The van der Waals surface area contributed by atoms with Crippen molar-refractivity contribution < 1.29 is 14.6 Å². The van der Waals surface area contributed by atoms with E-state index in [4.69, 9.17) is 16.3 Å². The first-order chi connectivity index (χ1) is 16.5. The summed E-state index contributed by atoms with van der Waals surface area (Å²) in [5, 5.41) is 9.29. The van der Waals surface area contributed by atoms with Gasteiger partial charge in [0, 0.05) is 18.0 Å². The van der Waals surface area contributed by atoms with Crippen LogP contribution in [0.1, 0.15) is 72.5 Å². The number of methoxy groups -OCH3 is 1. The van der Waals surface area contributed by atoms with Crippen LogP contribution < -0.4 is 9.64 Å². The van der Waals surface area contributed by atoms with E-state index in [2.05, 4.69) is 26.6 Å². The third-order valence-corrected chi connectivity index (χ3v) is 6.83. The summed E-state index contributed by atoms with van der Waals surface area (Å²) in [5.74, 6) is 1.44. The Morgan fingerprint density at radius 2 is 2.09 bits per heavy atom. The second-order valence-electron chi connectivity index (χ2n) is 8.71. The molecule has 2 aromatic heterocycles. The van der Waals surface area contributed by atoms with Crippen LogP contribution >= 0.6 is 0 Å². The van der Waals surface area contributed by atoms with Gasteiger partial charge in [0.15, 0.2) is 12.1 Å². The SMILES string of the molecule is [C-]#[N+]c1ncn2c1[C@@H](CC)N(C1CCCC1)c1nc(Cc3ccc(C(=O)O)cc3OC)ncc1-2. The van der Waals surface area contributed by atoms with Crippen LogP contribution in [0.25, 0.3) is 10.5 Å². The van der Waals surface area contributed by atoms with Crippen molar-refractivity contribution in [3.63, 3.8) is 0 Å². The lowest BCUT2D eigenvalue weighted by Crippen LogP contribution is -2.41. The molecule has 0 radical (unpaired) electrons. The average Bonchev–Trinajstić information content (AvgIpc) is 3.53. The van der Waals surface area contributed by atoms with Crippen molar-refractivity contribution in [2.75, 3.05) is 12.0 Å². The summed E-state index contributed by atoms with van der Waals surface area (Å²) >= 11 is 0. The van der Waals surface area contributed by atoms with E-state index in [0.717, 1.165) is 42.0 Å². The second-order valence-corrected chi connectivity index (χ2v) is 8.71. The molecular formula is C25H26N6O3. The Balaban J connectivity index is 1.60. The molecule has 1 fully saturated rings. The molecule has 3 heterocycles. The summed E-state index contributed by atoms with van der Waals surface area (Å²) in [6, 6.07) is 5.23. The zero-order chi connectivity index (χ0) is 23.8. The smallest absolute Gasteiger partial charge is 0.335 e. The molecule has 0 spiro atoms. The number of rotatable bonds is 6. The van der Waals surface area contributed by atoms with Crippen LogP contribution in [0.3, 0.4) is 0 Å². The topological polar surface area (TPSA) is 97.7 Å². The van der Waals surface area contributed by atoms with Crippen LogP contribution in [0.15, 0.2) is 30.7 Å². The molecule has 1 aromatic carbocycles. The quantitative estimate of drug-likeness (QED) is 0.534. The summed E-state index contributed by atoms with van der Waals surface area (Å²) in [6.45, 7) is 9.75. The zero-order valence-electron chi connectivity index (χ0n) is 19.2. The average molecular weight is 459 g/mol. The lowest BCUT2D eigenvalue weighted by Gasteiger charge is -2.42. The van der Waals surface area contributed by atoms with Crippen molar-refractivity contribution in [3.8, 4) is 11.4 Å². The molecular weight excluding hydrogens is 432 g/mol. The minimum absolute atomic E-state index is 0.0225. The second kappa shape index (κ2) is 8.78. The summed E-state index contributed by atoms with van der Waals surface area (Å²) < 4.78 is 7.42. The first-order valence-corrected chi connectivity index (χ1v) is 11.5. The Morgan fingerprint density at radius 1 is 1.29 bits per heavy atom. The number of carboxylic acids is 1. The summed E-state index contributed by atoms with van der Waals surface area (Å²) in [7, 11) is 1.53. The fourth-order valence-electron chi connectivity index (χ4n) is 5.26. The molecule has 2 aliphatic rings. The number of nitrogens with zero attached hydrogens (tertiary/aromatic N) is 6. The molecule has 1 N–H and O–H groups in total. The number of ether oxygens (including phenoxy) is 1. The maximum Gasteiger partial charge on any atom is 0.335 e. The van der Waals surface area contributed by atoms with Gasteiger partial charge in [0.2, 0.25) is 0 Å². The highest BCUT2D eigenvalue weighted by Crippen LogP contribution is 2.46. The number of aromatic carboxylic acids is 1. The monoisotopic (exact) mass is 458 g/mol. The molecule has 0 amide bonds. The zero-order valence-corrected chi connectivity index (χ0v) is 19.2. The minimum atomic E-state index is -0.998. The van der Waals surface area contributed by atoms with Gasteiger partial charge in [-0.25, -0.2) is 14.8 Å². The molecule has 9 heteroatoms. The van der Waals surface area contributed by atoms with Crippen molar-refractivity contribution in [2.24, 2.45) is 0 Å². The van der Waals surface area contributed by atoms with E-state index >= 15 is 0 Å². The number of carbonyl (C=O) groups is 1. The van der Waals surface area contributed by atoms with Crippen molar-refractivity contribution in [1.82, 2.24) is 19.5 Å². The Hall–Kier alpha value is -3.93. The van der Waals surface area contributed by atoms with Gasteiger partial charge in [-0.15, -0.1) is 4.98 Å². The van der Waals surface area contributed by atoms with E-state index in [1.54, 1.807) is 18.5 Å². The van der Waals surface area contributed by atoms with Crippen molar-refractivity contribution in [1.29, 1.82) is 0 Å². The van der Waals surface area contributed by atoms with E-state index < -0.39 is 5.97 Å². The van der Waals surface area contributed by atoms with Gasteiger partial charge in [-0.1, -0.05) is 32.4 Å². The normalized spacial score (nSPS) is 17.2. The number of benzene rings is 1. The van der Waals surface area contributed by atoms with E-state index in [1.807, 2.05) is 10.8 Å². The van der Waals surface area contributed by atoms with E-state index in [0.29, 0.717) is 29.9 Å². The molecule has 9 nitrogen and oxygen atoms in total. The molecule has 1 atom stereocenters. The molecule has 0 bridgehead atoms. The number of fused-ring (bicyclic) bond motifs is 3. The number of aromatic nitrogens is 4. The first kappa shape index (κ1) is 21.9. The first-order valence-electron chi connectivity index (χ1n) is 11.5. The van der Waals surface area contributed by atoms with Gasteiger partial charge in [0.05, 0.1) is 30.6 Å². The van der Waals surface area contributed by atoms with Gasteiger partial charge < -0.3 is 19.6 Å². The van der Waals surface area contributed by atoms with Crippen LogP contribution in [0.2, 0.25) is 0 Å². The van der Waals surface area contributed by atoms with Crippen molar-refractivity contribution >= 4 is 17.6 Å². The third-order valence-electron chi connectivity index (χ3n) is 6.83. The van der Waals surface area contributed by atoms with Crippen molar-refractivity contribution in [3.05, 3.63) is 64.8 Å². The molecule has 34 heavy (non-hydrogen) atoms. The Morgan fingerprint density at radius 3 is 2.76 bits per heavy atom. The molecule has 1 aliphatic carbocycles. The fourth-order valence-corrected chi connectivity index (χ4v) is 5.26. The summed E-state index contributed by atoms with van der Waals surface area (Å²) in [6.07, 6.45) is 9.33. The Labute approximate surface area is 197 Å². The highest BCUT2D eigenvalue weighted by atomic mass is 16.5. The molecule has 1 saturated carbocycles. The number of anilines is 1.